The molecule has 3 N–H and O–H groups in total. The van der Waals surface area contributed by atoms with E-state index in [1.165, 1.54) is 11.8 Å². The fraction of sp³-hybridized carbons (Fsp3) is 0.400. The van der Waals surface area contributed by atoms with Crippen molar-refractivity contribution in [1.82, 2.24) is 20.4 Å². The molecule has 24 heavy (non-hydrogen) atoms. The van der Waals surface area contributed by atoms with Crippen molar-refractivity contribution in [2.75, 3.05) is 19.0 Å². The third kappa shape index (κ3) is 3.47. The van der Waals surface area contributed by atoms with Crippen molar-refractivity contribution in [3.8, 4) is 11.5 Å². The van der Waals surface area contributed by atoms with Crippen molar-refractivity contribution >= 4 is 17.6 Å². The molecular weight excluding hydrogens is 314 g/mol. The molecule has 3 rings (SSSR count). The smallest absolute Gasteiger partial charge is 0.251 e. The lowest BCUT2D eigenvalue weighted by molar-refractivity contribution is -0.125. The molecule has 9 heteroatoms. The van der Waals surface area contributed by atoms with Crippen molar-refractivity contribution in [3.63, 3.8) is 0 Å². The first-order valence-corrected chi connectivity index (χ1v) is 7.54. The predicted molar refractivity (Wildman–Crippen MR) is 84.8 cm³/mol. The monoisotopic (exact) mass is 333 g/mol. The number of furan rings is 1. The molecule has 2 unspecified atom stereocenters. The number of anilines is 1. The fourth-order valence-corrected chi connectivity index (χ4v) is 2.53. The minimum Gasteiger partial charge on any atom is -0.463 e. The standard InChI is InChI=1S/C15H19N5O4/c1-9-6-13(21)18-15(16-9)20-12(17-14(22)8-23-2)7-10(19-20)11-4-3-5-24-11/h3-5,7,9,15-16H,6,8H2,1-2H3,(H,17,22)(H,18,21). The zero-order valence-corrected chi connectivity index (χ0v) is 13.4. The zero-order chi connectivity index (χ0) is 17.1. The third-order valence-electron chi connectivity index (χ3n) is 3.53. The van der Waals surface area contributed by atoms with E-state index in [-0.39, 0.29) is 24.5 Å². The lowest BCUT2D eigenvalue weighted by Crippen LogP contribution is -2.52. The number of rotatable bonds is 5. The molecule has 0 radical (unpaired) electrons. The Morgan fingerprint density at radius 2 is 2.42 bits per heavy atom. The Morgan fingerprint density at radius 1 is 1.58 bits per heavy atom. The first-order valence-electron chi connectivity index (χ1n) is 7.54. The maximum absolute atomic E-state index is 11.9. The van der Waals surface area contributed by atoms with Crippen LogP contribution in [0, 0.1) is 0 Å². The van der Waals surface area contributed by atoms with Crippen LogP contribution in [0.25, 0.3) is 11.5 Å². The molecule has 1 saturated heterocycles. The van der Waals surface area contributed by atoms with Crippen LogP contribution in [-0.4, -0.2) is 41.4 Å². The number of amides is 2. The molecule has 2 aromatic rings. The number of hydrogen-bond donors (Lipinski definition) is 3. The van der Waals surface area contributed by atoms with Gasteiger partial charge in [-0.3, -0.25) is 14.9 Å². The largest absolute Gasteiger partial charge is 0.463 e. The summed E-state index contributed by atoms with van der Waals surface area (Å²) < 4.78 is 11.7. The lowest BCUT2D eigenvalue weighted by atomic mass is 10.2. The Labute approximate surface area is 138 Å². The van der Waals surface area contributed by atoms with E-state index in [4.69, 9.17) is 9.15 Å². The Bertz CT molecular complexity index is 724. The number of methoxy groups -OCH3 is 1. The summed E-state index contributed by atoms with van der Waals surface area (Å²) in [6.45, 7) is 1.83. The highest BCUT2D eigenvalue weighted by Gasteiger charge is 2.27. The quantitative estimate of drug-likeness (QED) is 0.742. The number of hydrogen-bond acceptors (Lipinski definition) is 6. The van der Waals surface area contributed by atoms with E-state index in [1.807, 2.05) is 6.92 Å². The van der Waals surface area contributed by atoms with Gasteiger partial charge in [0.05, 0.1) is 6.26 Å². The van der Waals surface area contributed by atoms with E-state index in [0.29, 0.717) is 23.7 Å². The lowest BCUT2D eigenvalue weighted by Gasteiger charge is -2.30. The molecule has 3 heterocycles. The molecule has 2 aromatic heterocycles. The molecule has 9 nitrogen and oxygen atoms in total. The minimum absolute atomic E-state index is 0.0115. The Kier molecular flexibility index (Phi) is 4.63. The van der Waals surface area contributed by atoms with E-state index in [2.05, 4.69) is 21.0 Å². The van der Waals surface area contributed by atoms with Gasteiger partial charge in [-0.25, -0.2) is 4.68 Å². The first kappa shape index (κ1) is 16.2. The van der Waals surface area contributed by atoms with E-state index >= 15 is 0 Å². The Balaban J connectivity index is 1.92. The van der Waals surface area contributed by atoms with Gasteiger partial charge >= 0.3 is 0 Å². The number of aromatic nitrogens is 2. The normalized spacial score (nSPS) is 20.7. The topological polar surface area (TPSA) is 110 Å². The molecule has 0 bridgehead atoms. The molecule has 128 valence electrons. The molecule has 0 aromatic carbocycles. The maximum Gasteiger partial charge on any atom is 0.251 e. The van der Waals surface area contributed by atoms with Crippen LogP contribution < -0.4 is 16.0 Å². The molecule has 2 amide bonds. The molecule has 2 atom stereocenters. The summed E-state index contributed by atoms with van der Waals surface area (Å²) in [6.07, 6.45) is 1.36. The molecule has 0 spiro atoms. The molecule has 1 aliphatic rings. The highest BCUT2D eigenvalue weighted by molar-refractivity contribution is 5.91. The van der Waals surface area contributed by atoms with Crippen LogP contribution in [0.3, 0.4) is 0 Å². The van der Waals surface area contributed by atoms with Crippen molar-refractivity contribution < 1.29 is 18.7 Å². The van der Waals surface area contributed by atoms with Crippen LogP contribution in [0.2, 0.25) is 0 Å². The van der Waals surface area contributed by atoms with E-state index < -0.39 is 6.29 Å². The predicted octanol–water partition coefficient (Wildman–Crippen LogP) is 0.682. The van der Waals surface area contributed by atoms with Crippen molar-refractivity contribution in [2.24, 2.45) is 0 Å². The zero-order valence-electron chi connectivity index (χ0n) is 13.4. The van der Waals surface area contributed by atoms with E-state index in [9.17, 15) is 9.59 Å². The van der Waals surface area contributed by atoms with Gasteiger partial charge in [0.2, 0.25) is 5.91 Å². The van der Waals surface area contributed by atoms with Crippen LogP contribution in [0.15, 0.2) is 28.9 Å². The summed E-state index contributed by atoms with van der Waals surface area (Å²) in [5.41, 5.74) is 0.544. The van der Waals surface area contributed by atoms with E-state index in [1.54, 1.807) is 24.5 Å². The average Bonchev–Trinajstić information content (AvgIpc) is 3.15. The van der Waals surface area contributed by atoms with Crippen LogP contribution in [0.1, 0.15) is 19.6 Å². The second-order valence-electron chi connectivity index (χ2n) is 5.56. The minimum atomic E-state index is -0.567. The van der Waals surface area contributed by atoms with Crippen molar-refractivity contribution in [1.29, 1.82) is 0 Å². The third-order valence-corrected chi connectivity index (χ3v) is 3.53. The summed E-state index contributed by atoms with van der Waals surface area (Å²) in [7, 11) is 1.44. The second kappa shape index (κ2) is 6.85. The summed E-state index contributed by atoms with van der Waals surface area (Å²) in [5.74, 6) is 0.580. The van der Waals surface area contributed by atoms with Crippen LogP contribution in [-0.2, 0) is 14.3 Å². The number of nitrogens with zero attached hydrogens (tertiary/aromatic N) is 2. The summed E-state index contributed by atoms with van der Waals surface area (Å²) in [4.78, 5) is 23.7. The highest BCUT2D eigenvalue weighted by Crippen LogP contribution is 2.25. The van der Waals surface area contributed by atoms with Gasteiger partial charge in [-0.2, -0.15) is 5.10 Å². The van der Waals surface area contributed by atoms with Gasteiger partial charge in [0.15, 0.2) is 12.0 Å². The van der Waals surface area contributed by atoms with Gasteiger partial charge in [-0.1, -0.05) is 0 Å². The van der Waals surface area contributed by atoms with E-state index in [0.717, 1.165) is 0 Å². The van der Waals surface area contributed by atoms with Gasteiger partial charge in [0, 0.05) is 25.6 Å². The van der Waals surface area contributed by atoms with Crippen molar-refractivity contribution in [3.05, 3.63) is 24.5 Å². The molecule has 0 saturated carbocycles. The first-order chi connectivity index (χ1) is 11.6. The Morgan fingerprint density at radius 3 is 3.08 bits per heavy atom. The number of ether oxygens (including phenoxy) is 1. The summed E-state index contributed by atoms with van der Waals surface area (Å²) in [6, 6.07) is 5.19. The Hall–Kier alpha value is -2.65. The van der Waals surface area contributed by atoms with Crippen LogP contribution >= 0.6 is 0 Å². The molecule has 0 aliphatic carbocycles. The number of nitrogens with one attached hydrogen (secondary N) is 3. The SMILES string of the molecule is COCC(=O)Nc1cc(-c2ccco2)nn1C1NC(=O)CC(C)N1. The summed E-state index contributed by atoms with van der Waals surface area (Å²) in [5, 5.41) is 13.2. The second-order valence-corrected chi connectivity index (χ2v) is 5.56. The van der Waals surface area contributed by atoms with Crippen molar-refractivity contribution in [2.45, 2.75) is 25.7 Å². The van der Waals surface area contributed by atoms with Crippen LogP contribution in [0.5, 0.6) is 0 Å². The average molecular weight is 333 g/mol. The van der Waals surface area contributed by atoms with Gasteiger partial charge in [0.1, 0.15) is 18.1 Å². The van der Waals surface area contributed by atoms with Gasteiger partial charge in [0.25, 0.3) is 5.91 Å². The highest BCUT2D eigenvalue weighted by atomic mass is 16.5. The van der Waals surface area contributed by atoms with Gasteiger partial charge in [-0.15, -0.1) is 0 Å². The molecule has 1 aliphatic heterocycles. The maximum atomic E-state index is 11.9. The fourth-order valence-electron chi connectivity index (χ4n) is 2.53. The number of carbonyl (C=O) groups is 2. The summed E-state index contributed by atoms with van der Waals surface area (Å²) >= 11 is 0. The van der Waals surface area contributed by atoms with Gasteiger partial charge in [-0.05, 0) is 19.1 Å². The molecule has 1 fully saturated rings. The molecular formula is C15H19N5O4. The number of carbonyl (C=O) groups excluding carboxylic acids is 2. The van der Waals surface area contributed by atoms with Crippen LogP contribution in [0.4, 0.5) is 5.82 Å². The van der Waals surface area contributed by atoms with Gasteiger partial charge < -0.3 is 19.8 Å².